The van der Waals surface area contributed by atoms with Crippen LogP contribution < -0.4 is 5.73 Å². The second-order valence-electron chi connectivity index (χ2n) is 4.36. The average Bonchev–Trinajstić information content (AvgIpc) is 2.87. The Balaban J connectivity index is 2.16. The predicted molar refractivity (Wildman–Crippen MR) is 71.5 cm³/mol. The second-order valence-corrected chi connectivity index (χ2v) is 4.36. The topological polar surface area (TPSA) is 56.7 Å². The van der Waals surface area contributed by atoms with Gasteiger partial charge in [-0.3, -0.25) is 4.98 Å². The van der Waals surface area contributed by atoms with Crippen molar-refractivity contribution in [2.75, 3.05) is 0 Å². The summed E-state index contributed by atoms with van der Waals surface area (Å²) >= 11 is 0. The molecule has 2 N–H and O–H groups in total. The van der Waals surface area contributed by atoms with E-state index in [1.54, 1.807) is 12.5 Å². The van der Waals surface area contributed by atoms with Crippen molar-refractivity contribution >= 4 is 10.9 Å². The Labute approximate surface area is 105 Å². The number of para-hydroxylation sites is 1. The summed E-state index contributed by atoms with van der Waals surface area (Å²) in [5, 5.41) is 1.11. The van der Waals surface area contributed by atoms with Crippen molar-refractivity contribution in [2.45, 2.75) is 13.0 Å². The Kier molecular flexibility index (Phi) is 2.57. The molecule has 90 valence electrons. The van der Waals surface area contributed by atoms with Gasteiger partial charge in [-0.15, -0.1) is 0 Å². The van der Waals surface area contributed by atoms with E-state index in [0.717, 1.165) is 22.3 Å². The van der Waals surface area contributed by atoms with Gasteiger partial charge in [0, 0.05) is 11.4 Å². The highest BCUT2D eigenvalue weighted by atomic mass is 15.1. The van der Waals surface area contributed by atoms with E-state index < -0.39 is 0 Å². The minimum atomic E-state index is -0.0565. The highest BCUT2D eigenvalue weighted by molar-refractivity contribution is 5.80. The smallest absolute Gasteiger partial charge is 0.0995 e. The van der Waals surface area contributed by atoms with Crippen LogP contribution in [-0.2, 0) is 0 Å². The number of aromatic nitrogens is 3. The molecule has 3 aromatic rings. The van der Waals surface area contributed by atoms with Crippen LogP contribution in [0.4, 0.5) is 0 Å². The Morgan fingerprint density at radius 2 is 2.06 bits per heavy atom. The van der Waals surface area contributed by atoms with Crippen molar-refractivity contribution < 1.29 is 0 Å². The summed E-state index contributed by atoms with van der Waals surface area (Å²) in [4.78, 5) is 8.60. The molecule has 4 nitrogen and oxygen atoms in total. The van der Waals surface area contributed by atoms with E-state index in [2.05, 4.69) is 16.0 Å². The number of benzene rings is 1. The van der Waals surface area contributed by atoms with E-state index in [-0.39, 0.29) is 6.04 Å². The molecule has 1 atom stereocenters. The molecule has 0 saturated heterocycles. The molecule has 0 saturated carbocycles. The van der Waals surface area contributed by atoms with E-state index in [4.69, 9.17) is 5.73 Å². The molecule has 0 amide bonds. The average molecular weight is 238 g/mol. The maximum Gasteiger partial charge on any atom is 0.0995 e. The molecule has 4 heteroatoms. The van der Waals surface area contributed by atoms with Crippen molar-refractivity contribution in [3.63, 3.8) is 0 Å². The summed E-state index contributed by atoms with van der Waals surface area (Å²) in [6.45, 7) is 1.95. The Morgan fingerprint density at radius 1 is 1.22 bits per heavy atom. The van der Waals surface area contributed by atoms with Crippen LogP contribution in [-0.4, -0.2) is 14.5 Å². The Morgan fingerprint density at radius 3 is 2.89 bits per heavy atom. The van der Waals surface area contributed by atoms with Crippen LogP contribution >= 0.6 is 0 Å². The third-order valence-corrected chi connectivity index (χ3v) is 2.99. The van der Waals surface area contributed by atoms with Crippen LogP contribution in [0.15, 0.2) is 49.1 Å². The van der Waals surface area contributed by atoms with Gasteiger partial charge in [-0.1, -0.05) is 18.2 Å². The number of hydrogen-bond donors (Lipinski definition) is 1. The lowest BCUT2D eigenvalue weighted by molar-refractivity contribution is 0.752. The molecule has 0 fully saturated rings. The normalized spacial score (nSPS) is 12.8. The number of nitrogens with two attached hydrogens (primary N) is 1. The molecule has 2 heterocycles. The number of fused-ring (bicyclic) bond motifs is 1. The van der Waals surface area contributed by atoms with Crippen molar-refractivity contribution in [3.8, 4) is 5.69 Å². The van der Waals surface area contributed by atoms with Crippen molar-refractivity contribution in [3.05, 3.63) is 54.7 Å². The van der Waals surface area contributed by atoms with Crippen LogP contribution in [0.1, 0.15) is 18.7 Å². The first-order valence-electron chi connectivity index (χ1n) is 5.89. The predicted octanol–water partition coefficient (Wildman–Crippen LogP) is 2.44. The third kappa shape index (κ3) is 1.76. The van der Waals surface area contributed by atoms with Crippen LogP contribution in [0, 0.1) is 0 Å². The minimum absolute atomic E-state index is 0.0565. The van der Waals surface area contributed by atoms with Gasteiger partial charge >= 0.3 is 0 Å². The molecule has 0 aliphatic rings. The molecule has 0 spiro atoms. The van der Waals surface area contributed by atoms with E-state index in [0.29, 0.717) is 0 Å². The third-order valence-electron chi connectivity index (χ3n) is 2.99. The maximum absolute atomic E-state index is 5.93. The number of hydrogen-bond acceptors (Lipinski definition) is 3. The van der Waals surface area contributed by atoms with E-state index in [1.807, 2.05) is 42.0 Å². The molecule has 3 rings (SSSR count). The van der Waals surface area contributed by atoms with Gasteiger partial charge in [-0.05, 0) is 19.1 Å². The highest BCUT2D eigenvalue weighted by Crippen LogP contribution is 2.19. The van der Waals surface area contributed by atoms with Gasteiger partial charge in [0.25, 0.3) is 0 Å². The van der Waals surface area contributed by atoms with Gasteiger partial charge in [0.2, 0.25) is 0 Å². The van der Waals surface area contributed by atoms with E-state index >= 15 is 0 Å². The largest absolute Gasteiger partial charge is 0.323 e. The first kappa shape index (κ1) is 10.9. The van der Waals surface area contributed by atoms with Gasteiger partial charge in [-0.2, -0.15) is 0 Å². The standard InChI is InChI=1S/C14H14N4/c1-10(15)14-8-16-9-18(14)12-6-11-4-2-3-5-13(11)17-7-12/h2-10H,15H2,1H3. The molecule has 18 heavy (non-hydrogen) atoms. The fraction of sp³-hybridized carbons (Fsp3) is 0.143. The fourth-order valence-electron chi connectivity index (χ4n) is 2.05. The summed E-state index contributed by atoms with van der Waals surface area (Å²) in [7, 11) is 0. The second kappa shape index (κ2) is 4.23. The summed E-state index contributed by atoms with van der Waals surface area (Å²) in [6.07, 6.45) is 5.40. The monoisotopic (exact) mass is 238 g/mol. The number of rotatable bonds is 2. The lowest BCUT2D eigenvalue weighted by atomic mass is 10.2. The first-order valence-corrected chi connectivity index (χ1v) is 5.89. The zero-order valence-corrected chi connectivity index (χ0v) is 10.1. The summed E-state index contributed by atoms with van der Waals surface area (Å²) < 4.78 is 1.98. The number of imidazole rings is 1. The zero-order valence-electron chi connectivity index (χ0n) is 10.1. The molecule has 0 aliphatic heterocycles. The van der Waals surface area contributed by atoms with E-state index in [9.17, 15) is 0 Å². The lowest BCUT2D eigenvalue weighted by Gasteiger charge is -2.11. The molecular weight excluding hydrogens is 224 g/mol. The van der Waals surface area contributed by atoms with Crippen LogP contribution in [0.3, 0.4) is 0 Å². The van der Waals surface area contributed by atoms with Gasteiger partial charge in [0.1, 0.15) is 0 Å². The minimum Gasteiger partial charge on any atom is -0.323 e. The molecule has 0 radical (unpaired) electrons. The number of pyridine rings is 1. The van der Waals surface area contributed by atoms with Crippen LogP contribution in [0.25, 0.3) is 16.6 Å². The van der Waals surface area contributed by atoms with Crippen LogP contribution in [0.2, 0.25) is 0 Å². The number of nitrogens with zero attached hydrogens (tertiary/aromatic N) is 3. The summed E-state index contributed by atoms with van der Waals surface area (Å²) in [5.41, 5.74) is 8.88. The fourth-order valence-corrected chi connectivity index (χ4v) is 2.05. The zero-order chi connectivity index (χ0) is 12.5. The Hall–Kier alpha value is -2.20. The molecule has 0 aliphatic carbocycles. The van der Waals surface area contributed by atoms with Gasteiger partial charge < -0.3 is 10.3 Å². The summed E-state index contributed by atoms with van der Waals surface area (Å²) in [6, 6.07) is 10.1. The SMILES string of the molecule is CC(N)c1cncn1-c1cnc2ccccc2c1. The van der Waals surface area contributed by atoms with Gasteiger partial charge in [0.15, 0.2) is 0 Å². The van der Waals surface area contributed by atoms with Crippen LogP contribution in [0.5, 0.6) is 0 Å². The highest BCUT2D eigenvalue weighted by Gasteiger charge is 2.08. The lowest BCUT2D eigenvalue weighted by Crippen LogP contribution is -2.10. The molecule has 1 aromatic carbocycles. The molecule has 2 aromatic heterocycles. The first-order chi connectivity index (χ1) is 8.75. The maximum atomic E-state index is 5.93. The van der Waals surface area contributed by atoms with Gasteiger partial charge in [0.05, 0.1) is 35.6 Å². The Bertz CT molecular complexity index is 685. The summed E-state index contributed by atoms with van der Waals surface area (Å²) in [5.74, 6) is 0. The van der Waals surface area contributed by atoms with Gasteiger partial charge in [-0.25, -0.2) is 4.98 Å². The molecular formula is C14H14N4. The van der Waals surface area contributed by atoms with Crippen molar-refractivity contribution in [2.24, 2.45) is 5.73 Å². The molecule has 1 unspecified atom stereocenters. The van der Waals surface area contributed by atoms with Crippen molar-refractivity contribution in [1.29, 1.82) is 0 Å². The van der Waals surface area contributed by atoms with Crippen molar-refractivity contribution in [1.82, 2.24) is 14.5 Å². The quantitative estimate of drug-likeness (QED) is 0.746. The van der Waals surface area contributed by atoms with E-state index in [1.165, 1.54) is 0 Å². The molecule has 0 bridgehead atoms.